The molecule has 0 aliphatic heterocycles. The van der Waals surface area contributed by atoms with E-state index in [1.165, 1.54) is 12.8 Å². The number of amides is 1. The van der Waals surface area contributed by atoms with Crippen molar-refractivity contribution in [2.45, 2.75) is 48.7 Å². The molecule has 5 aromatic rings. The number of aromatic amines is 1. The highest BCUT2D eigenvalue weighted by Gasteiger charge is 2.27. The van der Waals surface area contributed by atoms with Gasteiger partial charge in [0.2, 0.25) is 0 Å². The number of nitrogens with one attached hydrogen (secondary N) is 2. The van der Waals surface area contributed by atoms with Crippen molar-refractivity contribution in [2.75, 3.05) is 7.11 Å². The summed E-state index contributed by atoms with van der Waals surface area (Å²) in [4.78, 5) is 15.4. The number of hydrogen-bond acceptors (Lipinski definition) is 5. The number of H-pyrrole nitrogens is 1. The second-order valence-corrected chi connectivity index (χ2v) is 10.5. The lowest BCUT2D eigenvalue weighted by Crippen LogP contribution is -2.25. The second-order valence-electron chi connectivity index (χ2n) is 9.35. The fraction of sp³-hybridized carbons (Fsp3) is 0.296. The molecule has 2 aromatic carbocycles. The summed E-state index contributed by atoms with van der Waals surface area (Å²) in [7, 11) is 3.63. The molecule has 0 spiro atoms. The van der Waals surface area contributed by atoms with E-state index >= 15 is 0 Å². The van der Waals surface area contributed by atoms with Crippen molar-refractivity contribution in [3.63, 3.8) is 0 Å². The average molecular weight is 501 g/mol. The van der Waals surface area contributed by atoms with Crippen LogP contribution in [0.3, 0.4) is 0 Å². The first kappa shape index (κ1) is 22.9. The van der Waals surface area contributed by atoms with Crippen molar-refractivity contribution < 1.29 is 9.53 Å². The Morgan fingerprint density at radius 2 is 2.06 bits per heavy atom. The van der Waals surface area contributed by atoms with E-state index in [1.54, 1.807) is 18.9 Å². The maximum atomic E-state index is 13.2. The third-order valence-electron chi connectivity index (χ3n) is 6.89. The van der Waals surface area contributed by atoms with Crippen molar-refractivity contribution in [2.24, 2.45) is 7.05 Å². The normalized spacial score (nSPS) is 13.6. The van der Waals surface area contributed by atoms with Crippen molar-refractivity contribution in [3.05, 3.63) is 71.3 Å². The number of methoxy groups -OCH3 is 1. The average Bonchev–Trinajstić information content (AvgIpc) is 3.32. The van der Waals surface area contributed by atoms with Crippen molar-refractivity contribution in [3.8, 4) is 0 Å². The Bertz CT molecular complexity index is 1590. The number of rotatable bonds is 8. The van der Waals surface area contributed by atoms with Gasteiger partial charge in [-0.15, -0.1) is 0 Å². The standard InChI is InChI=1S/C27H28N6O2S/c1-16-24(36-22-9-19-13-29-31-25(19)20(10-22)15-35-3)11-23(32(16)2)27(34)28-12-17-5-4-6-18-14-30-33(26(17)18)21-7-8-21/h4-6,9-11,13-14,21H,7-8,12,15H2,1-3H3,(H,28,34)(H,29,31). The van der Waals surface area contributed by atoms with Crippen LogP contribution in [-0.2, 0) is 24.9 Å². The molecule has 0 radical (unpaired) electrons. The van der Waals surface area contributed by atoms with Crippen molar-refractivity contribution in [1.29, 1.82) is 0 Å². The van der Waals surface area contributed by atoms with E-state index in [0.29, 0.717) is 24.9 Å². The van der Waals surface area contributed by atoms with Crippen LogP contribution in [0.25, 0.3) is 21.8 Å². The number of aromatic nitrogens is 5. The predicted octanol–water partition coefficient (Wildman–Crippen LogP) is 5.12. The monoisotopic (exact) mass is 500 g/mol. The highest BCUT2D eigenvalue weighted by molar-refractivity contribution is 7.99. The Labute approximate surface area is 213 Å². The Kier molecular flexibility index (Phi) is 5.81. The summed E-state index contributed by atoms with van der Waals surface area (Å²) < 4.78 is 9.45. The summed E-state index contributed by atoms with van der Waals surface area (Å²) in [6, 6.07) is 12.9. The van der Waals surface area contributed by atoms with Crippen LogP contribution in [0, 0.1) is 6.92 Å². The first-order valence-corrected chi connectivity index (χ1v) is 12.9. The van der Waals surface area contributed by atoms with Gasteiger partial charge in [-0.05, 0) is 43.5 Å². The molecule has 0 saturated heterocycles. The Balaban J connectivity index is 1.23. The Morgan fingerprint density at radius 3 is 2.86 bits per heavy atom. The molecule has 1 aliphatic carbocycles. The van der Waals surface area contributed by atoms with Gasteiger partial charge in [0.15, 0.2) is 0 Å². The van der Waals surface area contributed by atoms with Gasteiger partial charge in [-0.25, -0.2) is 0 Å². The van der Waals surface area contributed by atoms with E-state index < -0.39 is 0 Å². The number of carbonyl (C=O) groups excluding carboxylic acids is 1. The number of fused-ring (bicyclic) bond motifs is 2. The SMILES string of the molecule is COCc1cc(Sc2cc(C(=O)NCc3cccc4cnn(C5CC5)c34)n(C)c2C)cc2cn[nH]c12. The Hall–Kier alpha value is -3.56. The molecule has 9 heteroatoms. The van der Waals surface area contributed by atoms with Crippen LogP contribution >= 0.6 is 11.8 Å². The third kappa shape index (κ3) is 4.08. The Morgan fingerprint density at radius 1 is 1.19 bits per heavy atom. The molecule has 3 heterocycles. The molecule has 1 saturated carbocycles. The minimum Gasteiger partial charge on any atom is -0.380 e. The number of hydrogen-bond donors (Lipinski definition) is 2. The highest BCUT2D eigenvalue weighted by atomic mass is 32.2. The van der Waals surface area contributed by atoms with E-state index in [2.05, 4.69) is 49.6 Å². The molecule has 1 fully saturated rings. The van der Waals surface area contributed by atoms with Crippen LogP contribution in [-0.4, -0.2) is 37.6 Å². The van der Waals surface area contributed by atoms with Crippen LogP contribution in [0.15, 0.2) is 58.6 Å². The lowest BCUT2D eigenvalue weighted by atomic mass is 10.1. The van der Waals surface area contributed by atoms with Crippen LogP contribution in [0.1, 0.15) is 46.2 Å². The lowest BCUT2D eigenvalue weighted by molar-refractivity contribution is 0.0942. The van der Waals surface area contributed by atoms with Crippen molar-refractivity contribution in [1.82, 2.24) is 29.9 Å². The molecule has 8 nitrogen and oxygen atoms in total. The number of carbonyl (C=O) groups is 1. The van der Waals surface area contributed by atoms with Crippen LogP contribution < -0.4 is 5.32 Å². The molecular weight excluding hydrogens is 472 g/mol. The van der Waals surface area contributed by atoms with Crippen LogP contribution in [0.2, 0.25) is 0 Å². The molecule has 6 rings (SSSR count). The maximum absolute atomic E-state index is 13.2. The van der Waals surface area contributed by atoms with Gasteiger partial charge < -0.3 is 14.6 Å². The summed E-state index contributed by atoms with van der Waals surface area (Å²) in [5.41, 5.74) is 5.94. The molecule has 184 valence electrons. The van der Waals surface area contributed by atoms with Crippen LogP contribution in [0.4, 0.5) is 0 Å². The molecule has 0 bridgehead atoms. The zero-order chi connectivity index (χ0) is 24.8. The summed E-state index contributed by atoms with van der Waals surface area (Å²) in [5, 5.41) is 17.1. The van der Waals surface area contributed by atoms with Gasteiger partial charge in [-0.3, -0.25) is 14.6 Å². The van der Waals surface area contributed by atoms with Crippen LogP contribution in [0.5, 0.6) is 0 Å². The summed E-state index contributed by atoms with van der Waals surface area (Å²) in [6.07, 6.45) is 6.08. The topological polar surface area (TPSA) is 89.8 Å². The number of nitrogens with zero attached hydrogens (tertiary/aromatic N) is 4. The number of benzene rings is 2. The van der Waals surface area contributed by atoms with E-state index in [4.69, 9.17) is 4.74 Å². The molecular formula is C27H28N6O2S. The summed E-state index contributed by atoms with van der Waals surface area (Å²) in [5.74, 6) is -0.0905. The first-order valence-electron chi connectivity index (χ1n) is 12.1. The smallest absolute Gasteiger partial charge is 0.268 e. The quantitative estimate of drug-likeness (QED) is 0.309. The zero-order valence-electron chi connectivity index (χ0n) is 20.5. The van der Waals surface area contributed by atoms with Crippen molar-refractivity contribution >= 4 is 39.5 Å². The zero-order valence-corrected chi connectivity index (χ0v) is 21.4. The largest absolute Gasteiger partial charge is 0.380 e. The fourth-order valence-electron chi connectivity index (χ4n) is 4.73. The van der Waals surface area contributed by atoms with Gasteiger partial charge in [0.1, 0.15) is 5.69 Å². The molecule has 2 N–H and O–H groups in total. The van der Waals surface area contributed by atoms with Gasteiger partial charge in [-0.2, -0.15) is 10.2 Å². The second kappa shape index (κ2) is 9.15. The molecule has 0 unspecified atom stereocenters. The minimum atomic E-state index is -0.0905. The lowest BCUT2D eigenvalue weighted by Gasteiger charge is -2.10. The number of ether oxygens (including phenoxy) is 1. The summed E-state index contributed by atoms with van der Waals surface area (Å²) >= 11 is 1.64. The molecule has 1 aliphatic rings. The van der Waals surface area contributed by atoms with Gasteiger partial charge >= 0.3 is 0 Å². The van der Waals surface area contributed by atoms with Gasteiger partial charge in [-0.1, -0.05) is 30.0 Å². The van der Waals surface area contributed by atoms with E-state index in [0.717, 1.165) is 48.4 Å². The van der Waals surface area contributed by atoms with E-state index in [1.807, 2.05) is 43.1 Å². The fourth-order valence-corrected chi connectivity index (χ4v) is 5.83. The predicted molar refractivity (Wildman–Crippen MR) is 140 cm³/mol. The molecule has 3 aromatic heterocycles. The highest BCUT2D eigenvalue weighted by Crippen LogP contribution is 2.38. The molecule has 0 atom stereocenters. The molecule has 36 heavy (non-hydrogen) atoms. The van der Waals surface area contributed by atoms with E-state index in [9.17, 15) is 4.79 Å². The first-order chi connectivity index (χ1) is 17.5. The van der Waals surface area contributed by atoms with Gasteiger partial charge in [0, 0.05) is 52.5 Å². The third-order valence-corrected chi connectivity index (χ3v) is 7.99. The van der Waals surface area contributed by atoms with Gasteiger partial charge in [0.05, 0.1) is 36.1 Å². The van der Waals surface area contributed by atoms with E-state index in [-0.39, 0.29) is 5.91 Å². The molecule has 1 amide bonds. The number of para-hydroxylation sites is 1. The minimum absolute atomic E-state index is 0.0905. The van der Waals surface area contributed by atoms with Gasteiger partial charge in [0.25, 0.3) is 5.91 Å². The maximum Gasteiger partial charge on any atom is 0.268 e. The summed E-state index contributed by atoms with van der Waals surface area (Å²) in [6.45, 7) is 3.00.